The molecule has 0 aromatic heterocycles. The van der Waals surface area contributed by atoms with Crippen LogP contribution in [0.2, 0.25) is 0 Å². The Morgan fingerprint density at radius 1 is 0.920 bits per heavy atom. The Labute approximate surface area is 148 Å². The third-order valence-electron chi connectivity index (χ3n) is 4.49. The van der Waals surface area contributed by atoms with Gasteiger partial charge in [-0.2, -0.15) is 0 Å². The van der Waals surface area contributed by atoms with Crippen LogP contribution >= 0.6 is 0 Å². The van der Waals surface area contributed by atoms with E-state index in [2.05, 4.69) is 65.6 Å². The molecule has 0 aliphatic rings. The molecular formula is C21H23N3O. The van der Waals surface area contributed by atoms with Gasteiger partial charge >= 0.3 is 0 Å². The van der Waals surface area contributed by atoms with E-state index in [1.807, 2.05) is 24.3 Å². The van der Waals surface area contributed by atoms with Crippen LogP contribution in [0.1, 0.15) is 19.4 Å². The molecule has 3 aromatic carbocycles. The average Bonchev–Trinajstić information content (AvgIpc) is 2.67. The lowest BCUT2D eigenvalue weighted by Gasteiger charge is -2.22. The number of fused-ring (bicyclic) bond motifs is 1. The molecule has 128 valence electrons. The average molecular weight is 333 g/mol. The van der Waals surface area contributed by atoms with Crippen LogP contribution in [-0.2, 0) is 6.54 Å². The van der Waals surface area contributed by atoms with Gasteiger partial charge in [-0.05, 0) is 59.6 Å². The molecule has 0 saturated carbocycles. The van der Waals surface area contributed by atoms with Gasteiger partial charge in [-0.25, -0.2) is 0 Å². The first-order valence-corrected chi connectivity index (χ1v) is 8.69. The lowest BCUT2D eigenvalue weighted by Crippen LogP contribution is -2.21. The van der Waals surface area contributed by atoms with Crippen LogP contribution in [0.4, 0.5) is 17.1 Å². The summed E-state index contributed by atoms with van der Waals surface area (Å²) in [6.07, 6.45) is 0. The van der Waals surface area contributed by atoms with E-state index in [1.54, 1.807) is 0 Å². The molecule has 0 heterocycles. The highest BCUT2D eigenvalue weighted by molar-refractivity contribution is 5.85. The van der Waals surface area contributed by atoms with Crippen molar-refractivity contribution in [1.29, 1.82) is 0 Å². The smallest absolute Gasteiger partial charge is 0.131 e. The van der Waals surface area contributed by atoms with Crippen molar-refractivity contribution in [2.75, 3.05) is 23.3 Å². The van der Waals surface area contributed by atoms with Gasteiger partial charge in [0.25, 0.3) is 0 Å². The first-order valence-electron chi connectivity index (χ1n) is 8.69. The van der Waals surface area contributed by atoms with Gasteiger partial charge in [0.15, 0.2) is 0 Å². The topological polar surface area (TPSA) is 44.7 Å². The molecule has 0 fully saturated rings. The highest BCUT2D eigenvalue weighted by Crippen LogP contribution is 2.30. The number of nitrogens with zero attached hydrogens (tertiary/aromatic N) is 2. The zero-order valence-electron chi connectivity index (χ0n) is 14.7. The van der Waals surface area contributed by atoms with E-state index in [9.17, 15) is 4.91 Å². The molecule has 0 unspecified atom stereocenters. The molecule has 4 nitrogen and oxygen atoms in total. The van der Waals surface area contributed by atoms with E-state index in [0.29, 0.717) is 12.2 Å². The van der Waals surface area contributed by atoms with Gasteiger partial charge in [0.1, 0.15) is 5.69 Å². The summed E-state index contributed by atoms with van der Waals surface area (Å²) < 4.78 is 0. The van der Waals surface area contributed by atoms with E-state index >= 15 is 0 Å². The van der Waals surface area contributed by atoms with Crippen molar-refractivity contribution >= 4 is 27.8 Å². The van der Waals surface area contributed by atoms with Crippen LogP contribution in [0, 0.1) is 4.91 Å². The molecule has 3 aromatic rings. The standard InChI is InChI=1S/C21H23N3O/c1-3-24(4-2)21-12-9-16(13-20(21)23-25)15-22-19-11-10-17-7-5-6-8-18(17)14-19/h5-14,22H,3-4,15H2,1-2H3. The van der Waals surface area contributed by atoms with Crippen LogP contribution in [0.25, 0.3) is 10.8 Å². The highest BCUT2D eigenvalue weighted by atomic mass is 16.3. The Bertz CT molecular complexity index is 872. The number of rotatable bonds is 7. The number of nitroso groups, excluding NO2 is 1. The van der Waals surface area contributed by atoms with Crippen LogP contribution in [0.5, 0.6) is 0 Å². The van der Waals surface area contributed by atoms with Gasteiger partial charge in [0.2, 0.25) is 0 Å². The minimum absolute atomic E-state index is 0.501. The van der Waals surface area contributed by atoms with Crippen LogP contribution in [0.15, 0.2) is 65.8 Å². The first-order chi connectivity index (χ1) is 12.2. The van der Waals surface area contributed by atoms with Crippen molar-refractivity contribution in [3.8, 4) is 0 Å². The third-order valence-corrected chi connectivity index (χ3v) is 4.49. The third kappa shape index (κ3) is 3.79. The summed E-state index contributed by atoms with van der Waals surface area (Å²) in [5, 5.41) is 9.08. The predicted molar refractivity (Wildman–Crippen MR) is 107 cm³/mol. The van der Waals surface area contributed by atoms with Gasteiger partial charge in [-0.3, -0.25) is 0 Å². The van der Waals surface area contributed by atoms with Crippen molar-refractivity contribution in [3.05, 3.63) is 71.1 Å². The maximum Gasteiger partial charge on any atom is 0.131 e. The first kappa shape index (κ1) is 17.0. The van der Waals surface area contributed by atoms with Crippen molar-refractivity contribution < 1.29 is 0 Å². The molecule has 4 heteroatoms. The predicted octanol–water partition coefficient (Wildman–Crippen LogP) is 5.70. The van der Waals surface area contributed by atoms with Crippen LogP contribution in [-0.4, -0.2) is 13.1 Å². The fourth-order valence-corrected chi connectivity index (χ4v) is 3.09. The van der Waals surface area contributed by atoms with Gasteiger partial charge in [-0.15, -0.1) is 4.91 Å². The van der Waals surface area contributed by atoms with Crippen molar-refractivity contribution in [2.45, 2.75) is 20.4 Å². The molecule has 0 amide bonds. The summed E-state index contributed by atoms with van der Waals surface area (Å²) in [6, 6.07) is 20.5. The molecule has 25 heavy (non-hydrogen) atoms. The van der Waals surface area contributed by atoms with Gasteiger partial charge in [0, 0.05) is 25.3 Å². The summed E-state index contributed by atoms with van der Waals surface area (Å²) >= 11 is 0. The van der Waals surface area contributed by atoms with E-state index in [4.69, 9.17) is 0 Å². The zero-order valence-corrected chi connectivity index (χ0v) is 14.7. The Morgan fingerprint density at radius 2 is 1.68 bits per heavy atom. The Morgan fingerprint density at radius 3 is 2.40 bits per heavy atom. The van der Waals surface area contributed by atoms with Crippen molar-refractivity contribution in [3.63, 3.8) is 0 Å². The number of anilines is 2. The Kier molecular flexibility index (Phi) is 5.29. The number of benzene rings is 3. The van der Waals surface area contributed by atoms with E-state index in [-0.39, 0.29) is 0 Å². The summed E-state index contributed by atoms with van der Waals surface area (Å²) in [4.78, 5) is 13.4. The van der Waals surface area contributed by atoms with Crippen molar-refractivity contribution in [1.82, 2.24) is 0 Å². The largest absolute Gasteiger partial charge is 0.381 e. The Balaban J connectivity index is 1.77. The molecule has 0 bridgehead atoms. The number of nitrogens with one attached hydrogen (secondary N) is 1. The van der Waals surface area contributed by atoms with Crippen LogP contribution in [0.3, 0.4) is 0 Å². The molecule has 0 aliphatic heterocycles. The molecule has 3 rings (SSSR count). The molecule has 1 N–H and O–H groups in total. The maximum atomic E-state index is 11.2. The molecule has 0 saturated heterocycles. The van der Waals surface area contributed by atoms with Gasteiger partial charge in [0.05, 0.1) is 5.69 Å². The highest BCUT2D eigenvalue weighted by Gasteiger charge is 2.10. The fraction of sp³-hybridized carbons (Fsp3) is 0.238. The molecular weight excluding hydrogens is 310 g/mol. The lowest BCUT2D eigenvalue weighted by molar-refractivity contribution is 0.865. The van der Waals surface area contributed by atoms with E-state index < -0.39 is 0 Å². The summed E-state index contributed by atoms with van der Waals surface area (Å²) in [5.41, 5.74) is 3.50. The number of hydrogen-bond donors (Lipinski definition) is 1. The molecule has 0 spiro atoms. The molecule has 0 radical (unpaired) electrons. The maximum absolute atomic E-state index is 11.2. The van der Waals surface area contributed by atoms with Gasteiger partial charge in [-0.1, -0.05) is 36.4 Å². The second-order valence-electron chi connectivity index (χ2n) is 6.00. The SMILES string of the molecule is CCN(CC)c1ccc(CNc2ccc3ccccc3c2)cc1N=O. The normalized spacial score (nSPS) is 10.6. The minimum atomic E-state index is 0.501. The minimum Gasteiger partial charge on any atom is -0.381 e. The van der Waals surface area contributed by atoms with Crippen molar-refractivity contribution in [2.24, 2.45) is 5.18 Å². The van der Waals surface area contributed by atoms with E-state index in [1.165, 1.54) is 10.8 Å². The summed E-state index contributed by atoms with van der Waals surface area (Å²) in [6.45, 7) is 6.52. The van der Waals surface area contributed by atoms with Gasteiger partial charge < -0.3 is 10.2 Å². The quantitative estimate of drug-likeness (QED) is 0.564. The second kappa shape index (κ2) is 7.79. The molecule has 0 aliphatic carbocycles. The fourth-order valence-electron chi connectivity index (χ4n) is 3.09. The lowest BCUT2D eigenvalue weighted by atomic mass is 10.1. The number of hydrogen-bond acceptors (Lipinski definition) is 4. The van der Waals surface area contributed by atoms with E-state index in [0.717, 1.165) is 30.0 Å². The zero-order chi connectivity index (χ0) is 17.6. The Hall–Kier alpha value is -2.88. The summed E-state index contributed by atoms with van der Waals surface area (Å²) in [7, 11) is 0. The second-order valence-corrected chi connectivity index (χ2v) is 6.00. The summed E-state index contributed by atoms with van der Waals surface area (Å²) in [5.74, 6) is 0. The molecule has 0 atom stereocenters. The monoisotopic (exact) mass is 333 g/mol. The van der Waals surface area contributed by atoms with Crippen LogP contribution < -0.4 is 10.2 Å².